The lowest BCUT2D eigenvalue weighted by atomic mass is 10.0. The van der Waals surface area contributed by atoms with Gasteiger partial charge in [-0.1, -0.05) is 18.2 Å². The molecular weight excluding hydrogens is 392 g/mol. The maximum absolute atomic E-state index is 13.9. The molecule has 2 atom stereocenters. The Hall–Kier alpha value is -3.32. The van der Waals surface area contributed by atoms with E-state index in [0.29, 0.717) is 43.8 Å². The van der Waals surface area contributed by atoms with Crippen molar-refractivity contribution >= 4 is 22.7 Å². The van der Waals surface area contributed by atoms with Crippen LogP contribution in [-0.2, 0) is 9.53 Å². The minimum absolute atomic E-state index is 0.0746. The minimum Gasteiger partial charge on any atom is -0.353 e. The fourth-order valence-electron chi connectivity index (χ4n) is 5.36. The summed E-state index contributed by atoms with van der Waals surface area (Å²) >= 11 is 0. The molecule has 6 rings (SSSR count). The van der Waals surface area contributed by atoms with Gasteiger partial charge >= 0.3 is 0 Å². The topological polar surface area (TPSA) is 75.6 Å². The summed E-state index contributed by atoms with van der Waals surface area (Å²) in [5.74, 6) is 0.00674. The fraction of sp³-hybridized carbons (Fsp3) is 0.333. The number of fused-ring (bicyclic) bond motifs is 1. The Labute approximate surface area is 179 Å². The van der Waals surface area contributed by atoms with Gasteiger partial charge in [0.15, 0.2) is 5.72 Å². The SMILES string of the molecule is O=C(c1cc(-c2cccnc2)nc2ccccc12)N1CC[C@@]23OCCCN2C(=O)C[C@@H]13. The highest BCUT2D eigenvalue weighted by molar-refractivity contribution is 6.07. The van der Waals surface area contributed by atoms with Crippen LogP contribution in [0.2, 0.25) is 0 Å². The highest BCUT2D eigenvalue weighted by Gasteiger charge is 2.61. The van der Waals surface area contributed by atoms with E-state index in [0.717, 1.165) is 22.9 Å². The van der Waals surface area contributed by atoms with Crippen molar-refractivity contribution in [3.63, 3.8) is 0 Å². The number of carbonyl (C=O) groups excluding carboxylic acids is 2. The maximum atomic E-state index is 13.9. The van der Waals surface area contributed by atoms with E-state index >= 15 is 0 Å². The predicted octanol–water partition coefficient (Wildman–Crippen LogP) is 2.86. The van der Waals surface area contributed by atoms with E-state index in [1.807, 2.05) is 52.3 Å². The summed E-state index contributed by atoms with van der Waals surface area (Å²) in [6, 6.07) is 13.1. The second kappa shape index (κ2) is 6.85. The minimum atomic E-state index is -0.653. The molecule has 3 aromatic rings. The molecule has 0 radical (unpaired) electrons. The standard InChI is InChI=1S/C24H22N4O3/c29-22-14-21-24(28(22)10-4-12-31-24)8-11-27(21)23(30)18-13-20(16-5-3-9-25-15-16)26-19-7-2-1-6-17(18)19/h1-3,5-7,9,13,15,21H,4,8,10-12,14H2/t21-,24+/m1/s1. The number of hydrogen-bond acceptors (Lipinski definition) is 5. The summed E-state index contributed by atoms with van der Waals surface area (Å²) in [6.45, 7) is 1.92. The number of benzene rings is 1. The number of ether oxygens (including phenoxy) is 1. The summed E-state index contributed by atoms with van der Waals surface area (Å²) in [7, 11) is 0. The molecule has 2 amide bonds. The highest BCUT2D eigenvalue weighted by atomic mass is 16.5. The number of hydrogen-bond donors (Lipinski definition) is 0. The Bertz CT molecular complexity index is 1200. The van der Waals surface area contributed by atoms with E-state index in [-0.39, 0.29) is 17.9 Å². The van der Waals surface area contributed by atoms with Gasteiger partial charge < -0.3 is 14.5 Å². The molecular formula is C24H22N4O3. The Kier molecular flexibility index (Phi) is 4.08. The Morgan fingerprint density at radius 3 is 2.94 bits per heavy atom. The molecule has 7 heteroatoms. The van der Waals surface area contributed by atoms with Crippen molar-refractivity contribution < 1.29 is 14.3 Å². The lowest BCUT2D eigenvalue weighted by Crippen LogP contribution is -2.56. The molecule has 2 aromatic heterocycles. The van der Waals surface area contributed by atoms with E-state index in [9.17, 15) is 9.59 Å². The third-order valence-electron chi connectivity index (χ3n) is 6.78. The van der Waals surface area contributed by atoms with Crippen LogP contribution in [-0.4, -0.2) is 63.0 Å². The van der Waals surface area contributed by atoms with Crippen LogP contribution in [0.5, 0.6) is 0 Å². The summed E-state index contributed by atoms with van der Waals surface area (Å²) in [4.78, 5) is 39.2. The van der Waals surface area contributed by atoms with Crippen molar-refractivity contribution in [1.29, 1.82) is 0 Å². The summed E-state index contributed by atoms with van der Waals surface area (Å²) in [6.07, 6.45) is 5.29. The number of rotatable bonds is 2. The molecule has 0 bridgehead atoms. The number of aromatic nitrogens is 2. The third kappa shape index (κ3) is 2.69. The van der Waals surface area contributed by atoms with Crippen LogP contribution < -0.4 is 0 Å². The number of pyridine rings is 2. The lowest BCUT2D eigenvalue weighted by molar-refractivity contribution is -0.179. The van der Waals surface area contributed by atoms with Gasteiger partial charge in [-0.3, -0.25) is 14.6 Å². The number of carbonyl (C=O) groups is 2. The smallest absolute Gasteiger partial charge is 0.255 e. The van der Waals surface area contributed by atoms with Crippen molar-refractivity contribution in [2.24, 2.45) is 0 Å². The zero-order chi connectivity index (χ0) is 21.0. The van der Waals surface area contributed by atoms with Crippen LogP contribution in [0, 0.1) is 0 Å². The summed E-state index contributed by atoms with van der Waals surface area (Å²) < 4.78 is 6.17. The molecule has 1 aromatic carbocycles. The van der Waals surface area contributed by atoms with Crippen LogP contribution in [0.15, 0.2) is 54.9 Å². The second-order valence-electron chi connectivity index (χ2n) is 8.37. The molecule has 1 spiro atoms. The average Bonchev–Trinajstić information content (AvgIpc) is 3.30. The van der Waals surface area contributed by atoms with Gasteiger partial charge in [0.1, 0.15) is 0 Å². The Balaban J connectivity index is 1.44. The van der Waals surface area contributed by atoms with Crippen LogP contribution in [0.1, 0.15) is 29.6 Å². The second-order valence-corrected chi connectivity index (χ2v) is 8.37. The first kappa shape index (κ1) is 18.4. The first-order valence-electron chi connectivity index (χ1n) is 10.7. The van der Waals surface area contributed by atoms with Gasteiger partial charge in [-0.2, -0.15) is 0 Å². The zero-order valence-electron chi connectivity index (χ0n) is 17.0. The van der Waals surface area contributed by atoms with Crippen LogP contribution in [0.4, 0.5) is 0 Å². The highest BCUT2D eigenvalue weighted by Crippen LogP contribution is 2.45. The molecule has 3 fully saturated rings. The quantitative estimate of drug-likeness (QED) is 0.645. The van der Waals surface area contributed by atoms with Gasteiger partial charge in [-0.05, 0) is 30.7 Å². The first-order chi connectivity index (χ1) is 15.2. The molecule has 3 saturated heterocycles. The average molecular weight is 414 g/mol. The molecule has 0 unspecified atom stereocenters. The van der Waals surface area contributed by atoms with Gasteiger partial charge in [0, 0.05) is 42.9 Å². The fourth-order valence-corrected chi connectivity index (χ4v) is 5.36. The number of para-hydroxylation sites is 1. The van der Waals surface area contributed by atoms with Crippen molar-refractivity contribution in [3.8, 4) is 11.3 Å². The maximum Gasteiger partial charge on any atom is 0.255 e. The van der Waals surface area contributed by atoms with E-state index < -0.39 is 5.72 Å². The predicted molar refractivity (Wildman–Crippen MR) is 114 cm³/mol. The van der Waals surface area contributed by atoms with Gasteiger partial charge in [0.25, 0.3) is 5.91 Å². The Morgan fingerprint density at radius 2 is 2.06 bits per heavy atom. The number of nitrogens with zero attached hydrogens (tertiary/aromatic N) is 4. The monoisotopic (exact) mass is 414 g/mol. The lowest BCUT2D eigenvalue weighted by Gasteiger charge is -2.42. The van der Waals surface area contributed by atoms with Gasteiger partial charge in [0.2, 0.25) is 5.91 Å². The molecule has 156 valence electrons. The first-order valence-corrected chi connectivity index (χ1v) is 10.7. The normalized spacial score (nSPS) is 25.0. The van der Waals surface area contributed by atoms with E-state index in [4.69, 9.17) is 9.72 Å². The molecule has 3 aliphatic rings. The zero-order valence-corrected chi connectivity index (χ0v) is 17.0. The molecule has 0 N–H and O–H groups in total. The number of amides is 2. The van der Waals surface area contributed by atoms with E-state index in [2.05, 4.69) is 4.98 Å². The molecule has 3 aliphatic heterocycles. The van der Waals surface area contributed by atoms with E-state index in [1.165, 1.54) is 0 Å². The van der Waals surface area contributed by atoms with Crippen LogP contribution in [0.25, 0.3) is 22.2 Å². The molecule has 5 heterocycles. The van der Waals surface area contributed by atoms with Crippen molar-refractivity contribution in [3.05, 3.63) is 60.4 Å². The Morgan fingerprint density at radius 1 is 1.16 bits per heavy atom. The number of likely N-dealkylation sites (tertiary alicyclic amines) is 1. The van der Waals surface area contributed by atoms with Gasteiger partial charge in [-0.15, -0.1) is 0 Å². The summed E-state index contributed by atoms with van der Waals surface area (Å²) in [5, 5.41) is 0.812. The largest absolute Gasteiger partial charge is 0.353 e. The summed E-state index contributed by atoms with van der Waals surface area (Å²) in [5.41, 5.74) is 2.28. The molecule has 7 nitrogen and oxygen atoms in total. The molecule has 0 aliphatic carbocycles. The van der Waals surface area contributed by atoms with Crippen molar-refractivity contribution in [2.75, 3.05) is 19.7 Å². The third-order valence-corrected chi connectivity index (χ3v) is 6.78. The van der Waals surface area contributed by atoms with Crippen molar-refractivity contribution in [2.45, 2.75) is 31.0 Å². The van der Waals surface area contributed by atoms with Crippen LogP contribution >= 0.6 is 0 Å². The van der Waals surface area contributed by atoms with Gasteiger partial charge in [-0.25, -0.2) is 4.98 Å². The van der Waals surface area contributed by atoms with Gasteiger partial charge in [0.05, 0.1) is 35.8 Å². The molecule has 0 saturated carbocycles. The van der Waals surface area contributed by atoms with E-state index in [1.54, 1.807) is 12.4 Å². The van der Waals surface area contributed by atoms with Crippen molar-refractivity contribution in [1.82, 2.24) is 19.8 Å². The molecule has 31 heavy (non-hydrogen) atoms. The van der Waals surface area contributed by atoms with Crippen LogP contribution in [0.3, 0.4) is 0 Å².